The molecule has 2 rings (SSSR count). The van der Waals surface area contributed by atoms with E-state index >= 15 is 0 Å². The maximum absolute atomic E-state index is 12.0. The molecule has 1 N–H and O–H groups in total. The maximum atomic E-state index is 12.0. The van der Waals surface area contributed by atoms with Gasteiger partial charge in [-0.15, -0.1) is 0 Å². The molecule has 1 aromatic heterocycles. The van der Waals surface area contributed by atoms with Gasteiger partial charge in [0.25, 0.3) is 0 Å². The third-order valence-corrected chi connectivity index (χ3v) is 4.28. The Morgan fingerprint density at radius 1 is 1.57 bits per heavy atom. The van der Waals surface area contributed by atoms with Gasteiger partial charge >= 0.3 is 5.97 Å². The summed E-state index contributed by atoms with van der Waals surface area (Å²) in [6, 6.07) is 2.73. The maximum Gasteiger partial charge on any atom is 0.371 e. The van der Waals surface area contributed by atoms with E-state index < -0.39 is 15.7 Å². The van der Waals surface area contributed by atoms with Gasteiger partial charge in [-0.3, -0.25) is 0 Å². The molecule has 0 amide bonds. The van der Waals surface area contributed by atoms with Gasteiger partial charge in [0, 0.05) is 12.3 Å². The van der Waals surface area contributed by atoms with E-state index in [0.717, 1.165) is 6.42 Å². The van der Waals surface area contributed by atoms with E-state index in [9.17, 15) is 9.00 Å². The van der Waals surface area contributed by atoms with Crippen LogP contribution in [0.4, 0.5) is 0 Å². The molecule has 1 atom stereocenters. The number of rotatable bonds is 2. The van der Waals surface area contributed by atoms with Gasteiger partial charge in [-0.25, -0.2) is 13.4 Å². The second-order valence-electron chi connectivity index (χ2n) is 2.97. The predicted molar refractivity (Wildman–Crippen MR) is 48.9 cm³/mol. The van der Waals surface area contributed by atoms with Crippen molar-refractivity contribution in [1.82, 2.24) is 0 Å². The average Bonchev–Trinajstić information content (AvgIpc) is 2.71. The van der Waals surface area contributed by atoms with Gasteiger partial charge in [-0.2, -0.15) is 0 Å². The van der Waals surface area contributed by atoms with Crippen LogP contribution < -0.4 is 0 Å². The fraction of sp³-hybridized carbons (Fsp3) is 0.375. The van der Waals surface area contributed by atoms with Gasteiger partial charge < -0.3 is 9.52 Å². The third-order valence-electron chi connectivity index (χ3n) is 1.99. The van der Waals surface area contributed by atoms with E-state index in [-0.39, 0.29) is 10.9 Å². The molecule has 1 aliphatic rings. The normalized spacial score (nSPS) is 26.0. The smallest absolute Gasteiger partial charge is 0.371 e. The van der Waals surface area contributed by atoms with Crippen molar-refractivity contribution < 1.29 is 18.5 Å². The van der Waals surface area contributed by atoms with Crippen molar-refractivity contribution in [2.75, 3.05) is 12.3 Å². The first-order chi connectivity index (χ1) is 6.62. The minimum atomic E-state index is -2.45. The molecule has 5 nitrogen and oxygen atoms in total. The number of carboxylic acid groups (broad SMARTS) is 1. The Morgan fingerprint density at radius 2 is 2.36 bits per heavy atom. The van der Waals surface area contributed by atoms with E-state index in [1.165, 1.54) is 12.1 Å². The highest BCUT2D eigenvalue weighted by Gasteiger charge is 2.22. The lowest BCUT2D eigenvalue weighted by Gasteiger charge is -1.97. The fourth-order valence-corrected chi connectivity index (χ4v) is 3.21. The molecule has 1 unspecified atom stereocenters. The van der Waals surface area contributed by atoms with Crippen LogP contribution in [-0.4, -0.2) is 27.6 Å². The SMILES string of the molecule is O=C(O)c1ccc(S2(=O)=NCCC2)o1. The van der Waals surface area contributed by atoms with Gasteiger partial charge in [-0.1, -0.05) is 0 Å². The summed E-state index contributed by atoms with van der Waals surface area (Å²) in [5.41, 5.74) is 0. The van der Waals surface area contributed by atoms with Crippen molar-refractivity contribution in [2.24, 2.45) is 4.36 Å². The lowest BCUT2D eigenvalue weighted by molar-refractivity contribution is 0.0656. The molecular formula is C8H9NO4S. The molecule has 0 aromatic carbocycles. The van der Waals surface area contributed by atoms with E-state index in [2.05, 4.69) is 4.36 Å². The van der Waals surface area contributed by atoms with Crippen molar-refractivity contribution in [3.8, 4) is 0 Å². The Bertz CT molecular complexity index is 481. The lowest BCUT2D eigenvalue weighted by Crippen LogP contribution is -1.99. The highest BCUT2D eigenvalue weighted by molar-refractivity contribution is 7.93. The Hall–Kier alpha value is -1.30. The van der Waals surface area contributed by atoms with Gasteiger partial charge in [0.1, 0.15) is 9.73 Å². The largest absolute Gasteiger partial charge is 0.475 e. The summed E-state index contributed by atoms with van der Waals surface area (Å²) in [5.74, 6) is -0.887. The predicted octanol–water partition coefficient (Wildman–Crippen LogP) is 1.21. The van der Waals surface area contributed by atoms with Crippen LogP contribution in [0.2, 0.25) is 0 Å². The summed E-state index contributed by atoms with van der Waals surface area (Å²) >= 11 is 0. The van der Waals surface area contributed by atoms with Crippen LogP contribution in [0, 0.1) is 0 Å². The Morgan fingerprint density at radius 3 is 2.86 bits per heavy atom. The first-order valence-corrected chi connectivity index (χ1v) is 5.84. The minimum Gasteiger partial charge on any atom is -0.475 e. The van der Waals surface area contributed by atoms with Crippen molar-refractivity contribution in [2.45, 2.75) is 11.5 Å². The van der Waals surface area contributed by atoms with Gasteiger partial charge in [0.05, 0.1) is 0 Å². The number of furan rings is 1. The van der Waals surface area contributed by atoms with E-state index in [0.29, 0.717) is 12.3 Å². The topological polar surface area (TPSA) is 79.9 Å². The molecule has 0 aliphatic carbocycles. The zero-order chi connectivity index (χ0) is 10.2. The summed E-state index contributed by atoms with van der Waals surface area (Å²) in [6.07, 6.45) is 0.766. The van der Waals surface area contributed by atoms with Crippen LogP contribution in [0.3, 0.4) is 0 Å². The van der Waals surface area contributed by atoms with Crippen molar-refractivity contribution in [1.29, 1.82) is 0 Å². The summed E-state index contributed by atoms with van der Waals surface area (Å²) < 4.78 is 20.9. The zero-order valence-electron chi connectivity index (χ0n) is 7.30. The highest BCUT2D eigenvalue weighted by Crippen LogP contribution is 2.22. The Labute approximate surface area is 80.9 Å². The first-order valence-electron chi connectivity index (χ1n) is 4.15. The number of hydrogen-bond donors (Lipinski definition) is 1. The number of carboxylic acids is 1. The second-order valence-corrected chi connectivity index (χ2v) is 5.32. The first kappa shape index (κ1) is 9.26. The molecular weight excluding hydrogens is 206 g/mol. The highest BCUT2D eigenvalue weighted by atomic mass is 32.2. The van der Waals surface area contributed by atoms with Gasteiger partial charge in [-0.05, 0) is 18.6 Å². The minimum absolute atomic E-state index is 0.187. The van der Waals surface area contributed by atoms with Crippen molar-refractivity contribution in [3.63, 3.8) is 0 Å². The molecule has 0 fully saturated rings. The van der Waals surface area contributed by atoms with Crippen molar-refractivity contribution >= 4 is 15.7 Å². The van der Waals surface area contributed by atoms with E-state index in [1.807, 2.05) is 0 Å². The van der Waals surface area contributed by atoms with Gasteiger partial charge in [0.15, 0.2) is 5.09 Å². The third kappa shape index (κ3) is 1.41. The molecule has 14 heavy (non-hydrogen) atoms. The molecule has 1 aromatic rings. The Kier molecular flexibility index (Phi) is 2.07. The van der Waals surface area contributed by atoms with E-state index in [1.54, 1.807) is 0 Å². The van der Waals surface area contributed by atoms with Crippen LogP contribution in [-0.2, 0) is 9.73 Å². The van der Waals surface area contributed by atoms with Crippen molar-refractivity contribution in [3.05, 3.63) is 17.9 Å². The fourth-order valence-electron chi connectivity index (χ4n) is 1.31. The quantitative estimate of drug-likeness (QED) is 0.804. The van der Waals surface area contributed by atoms with Crippen LogP contribution in [0.25, 0.3) is 0 Å². The molecule has 76 valence electrons. The summed E-state index contributed by atoms with van der Waals surface area (Å²) in [6.45, 7) is 0.557. The molecule has 0 spiro atoms. The molecule has 0 bridgehead atoms. The standard InChI is InChI=1S/C8H9NO4S/c10-8(11)6-2-3-7(13-6)14(12)5-1-4-9-14/h2-3H,1,4-5H2,(H,10,11). The monoisotopic (exact) mass is 215 g/mol. The zero-order valence-corrected chi connectivity index (χ0v) is 8.12. The van der Waals surface area contributed by atoms with Crippen LogP contribution in [0.1, 0.15) is 17.0 Å². The summed E-state index contributed by atoms with van der Waals surface area (Å²) in [4.78, 5) is 10.5. The molecule has 0 saturated heterocycles. The molecule has 0 saturated carbocycles. The molecule has 1 aliphatic heterocycles. The van der Waals surface area contributed by atoms with Crippen LogP contribution in [0.5, 0.6) is 0 Å². The number of nitrogens with zero attached hydrogens (tertiary/aromatic N) is 1. The summed E-state index contributed by atoms with van der Waals surface area (Å²) in [5, 5.41) is 8.80. The van der Waals surface area contributed by atoms with Crippen LogP contribution >= 0.6 is 0 Å². The number of hydrogen-bond acceptors (Lipinski definition) is 4. The lowest BCUT2D eigenvalue weighted by atomic mass is 10.5. The number of carbonyl (C=O) groups is 1. The molecule has 2 heterocycles. The average molecular weight is 215 g/mol. The summed E-state index contributed by atoms with van der Waals surface area (Å²) in [7, 11) is -2.45. The Balaban J connectivity index is 2.43. The van der Waals surface area contributed by atoms with Gasteiger partial charge in [0.2, 0.25) is 5.76 Å². The van der Waals surface area contributed by atoms with Crippen LogP contribution in [0.15, 0.2) is 26.0 Å². The number of aromatic carboxylic acids is 1. The molecule has 0 radical (unpaired) electrons. The second kappa shape index (κ2) is 3.13. The van der Waals surface area contributed by atoms with E-state index in [4.69, 9.17) is 9.52 Å². The molecule has 6 heteroatoms.